The molecule has 0 aliphatic rings. The van der Waals surface area contributed by atoms with E-state index in [1.54, 1.807) is 30.3 Å². The minimum Gasteiger partial charge on any atom is -0.325 e. The van der Waals surface area contributed by atoms with Gasteiger partial charge in [-0.05, 0) is 54.1 Å². The highest BCUT2D eigenvalue weighted by atomic mass is 35.5. The van der Waals surface area contributed by atoms with Gasteiger partial charge in [-0.2, -0.15) is 0 Å². The lowest BCUT2D eigenvalue weighted by Crippen LogP contribution is -2.19. The third-order valence-electron chi connectivity index (χ3n) is 5.21. The molecule has 7 nitrogen and oxygen atoms in total. The number of amides is 2. The highest BCUT2D eigenvalue weighted by molar-refractivity contribution is 8.00. The average Bonchev–Trinajstić information content (AvgIpc) is 2.88. The quantitative estimate of drug-likeness (QED) is 0.133. The zero-order valence-electron chi connectivity index (χ0n) is 19.1. The van der Waals surface area contributed by atoms with Gasteiger partial charge in [0.25, 0.3) is 11.6 Å². The molecule has 0 fully saturated rings. The van der Waals surface area contributed by atoms with Crippen molar-refractivity contribution < 1.29 is 14.5 Å². The van der Waals surface area contributed by atoms with Crippen LogP contribution < -0.4 is 10.6 Å². The smallest absolute Gasteiger partial charge is 0.269 e. The predicted molar refractivity (Wildman–Crippen MR) is 148 cm³/mol. The molecule has 0 aliphatic heterocycles. The number of benzene rings is 4. The number of carbonyl (C=O) groups excluding carboxylic acids is 2. The first-order valence-electron chi connectivity index (χ1n) is 10.9. The maximum atomic E-state index is 13.3. The Morgan fingerprint density at radius 3 is 2.22 bits per heavy atom. The summed E-state index contributed by atoms with van der Waals surface area (Å²) in [5.74, 6) is -0.688. The molecule has 0 aromatic heterocycles. The van der Waals surface area contributed by atoms with Crippen molar-refractivity contribution in [1.29, 1.82) is 0 Å². The Morgan fingerprint density at radius 2 is 1.54 bits per heavy atom. The predicted octanol–water partition coefficient (Wildman–Crippen LogP) is 7.63. The molecule has 37 heavy (non-hydrogen) atoms. The van der Waals surface area contributed by atoms with Crippen LogP contribution in [-0.4, -0.2) is 16.7 Å². The topological polar surface area (TPSA) is 101 Å². The Kier molecular flexibility index (Phi) is 8.45. The van der Waals surface area contributed by atoms with Crippen LogP contribution in [-0.2, 0) is 4.79 Å². The molecule has 1 unspecified atom stereocenters. The molecule has 0 heterocycles. The molecule has 4 aromatic rings. The molecule has 0 spiro atoms. The largest absolute Gasteiger partial charge is 0.325 e. The van der Waals surface area contributed by atoms with Crippen LogP contribution in [0.25, 0.3) is 0 Å². The molecule has 0 bridgehead atoms. The van der Waals surface area contributed by atoms with Crippen LogP contribution in [0.15, 0.2) is 102 Å². The number of halogens is 2. The molecule has 0 saturated carbocycles. The third kappa shape index (κ3) is 6.89. The number of nitro benzene ring substituents is 1. The van der Waals surface area contributed by atoms with E-state index in [2.05, 4.69) is 10.6 Å². The summed E-state index contributed by atoms with van der Waals surface area (Å²) in [6, 6.07) is 26.6. The summed E-state index contributed by atoms with van der Waals surface area (Å²) < 4.78 is 0. The first-order valence-corrected chi connectivity index (χ1v) is 12.6. The maximum Gasteiger partial charge on any atom is 0.269 e. The fourth-order valence-corrected chi connectivity index (χ4v) is 5.01. The van der Waals surface area contributed by atoms with Gasteiger partial charge in [0.2, 0.25) is 5.91 Å². The van der Waals surface area contributed by atoms with Crippen molar-refractivity contribution in [1.82, 2.24) is 0 Å². The fourth-order valence-electron chi connectivity index (χ4n) is 3.43. The van der Waals surface area contributed by atoms with E-state index in [0.29, 0.717) is 16.4 Å². The number of nitro groups is 1. The molecule has 10 heteroatoms. The van der Waals surface area contributed by atoms with E-state index in [-0.39, 0.29) is 28.1 Å². The van der Waals surface area contributed by atoms with Crippen LogP contribution in [0.4, 0.5) is 17.1 Å². The zero-order valence-corrected chi connectivity index (χ0v) is 21.4. The van der Waals surface area contributed by atoms with Crippen molar-refractivity contribution in [2.75, 3.05) is 10.6 Å². The van der Waals surface area contributed by atoms with Crippen LogP contribution >= 0.6 is 35.0 Å². The number of nitrogens with one attached hydrogen (secondary N) is 2. The second kappa shape index (κ2) is 11.9. The number of nitrogens with zero attached hydrogens (tertiary/aromatic N) is 1. The first-order chi connectivity index (χ1) is 17.8. The summed E-state index contributed by atoms with van der Waals surface area (Å²) in [6.45, 7) is 0. The summed E-state index contributed by atoms with van der Waals surface area (Å²) in [5.41, 5.74) is 1.97. The Bertz CT molecular complexity index is 1450. The minimum atomic E-state index is -0.631. The molecule has 4 rings (SSSR count). The van der Waals surface area contributed by atoms with E-state index in [1.165, 1.54) is 42.1 Å². The molecule has 1 atom stereocenters. The Morgan fingerprint density at radius 1 is 0.811 bits per heavy atom. The number of hydrogen-bond donors (Lipinski definition) is 2. The van der Waals surface area contributed by atoms with Crippen molar-refractivity contribution in [3.05, 3.63) is 128 Å². The van der Waals surface area contributed by atoms with Gasteiger partial charge in [0.15, 0.2) is 0 Å². The lowest BCUT2D eigenvalue weighted by atomic mass is 10.1. The third-order valence-corrected chi connectivity index (χ3v) is 7.00. The Hall–Kier alpha value is -3.85. The van der Waals surface area contributed by atoms with Crippen molar-refractivity contribution >= 4 is 63.8 Å². The summed E-state index contributed by atoms with van der Waals surface area (Å²) in [6.07, 6.45) is 0. The molecule has 0 aliphatic carbocycles. The average molecular weight is 552 g/mol. The van der Waals surface area contributed by atoms with Crippen molar-refractivity contribution in [2.24, 2.45) is 0 Å². The lowest BCUT2D eigenvalue weighted by Gasteiger charge is -2.18. The van der Waals surface area contributed by atoms with Crippen LogP contribution in [0.3, 0.4) is 0 Å². The van der Waals surface area contributed by atoms with E-state index in [0.717, 1.165) is 10.5 Å². The van der Waals surface area contributed by atoms with Crippen molar-refractivity contribution in [3.8, 4) is 0 Å². The highest BCUT2D eigenvalue weighted by Crippen LogP contribution is 2.37. The van der Waals surface area contributed by atoms with Crippen LogP contribution in [0.1, 0.15) is 21.2 Å². The zero-order chi connectivity index (χ0) is 26.4. The molecule has 0 saturated heterocycles. The van der Waals surface area contributed by atoms with E-state index < -0.39 is 10.2 Å². The van der Waals surface area contributed by atoms with Crippen molar-refractivity contribution in [3.63, 3.8) is 0 Å². The van der Waals surface area contributed by atoms with Crippen LogP contribution in [0.2, 0.25) is 10.0 Å². The Balaban J connectivity index is 1.53. The number of rotatable bonds is 8. The standard InChI is InChI=1S/C27H19Cl2N3O4S/c28-18-9-14-23(24(29)15-18)26(33)31-20-7-4-8-22(16-20)37-25(17-5-2-1-3-6-17)27(34)30-19-10-12-21(13-11-19)32(35)36/h1-16,25H,(H,30,34)(H,31,33). The van der Waals surface area contributed by atoms with E-state index in [4.69, 9.17) is 23.2 Å². The van der Waals surface area contributed by atoms with E-state index in [9.17, 15) is 19.7 Å². The highest BCUT2D eigenvalue weighted by Gasteiger charge is 2.23. The fraction of sp³-hybridized carbons (Fsp3) is 0.0370. The summed E-state index contributed by atoms with van der Waals surface area (Å²) >= 11 is 13.4. The van der Waals surface area contributed by atoms with Gasteiger partial charge in [-0.25, -0.2) is 0 Å². The van der Waals surface area contributed by atoms with Gasteiger partial charge in [0.05, 0.1) is 15.5 Å². The molecule has 186 valence electrons. The number of anilines is 2. The van der Waals surface area contributed by atoms with Gasteiger partial charge in [0, 0.05) is 33.4 Å². The molecular weight excluding hydrogens is 533 g/mol. The normalized spacial score (nSPS) is 11.4. The first kappa shape index (κ1) is 26.2. The van der Waals surface area contributed by atoms with Gasteiger partial charge < -0.3 is 10.6 Å². The Labute approximate surface area is 227 Å². The van der Waals surface area contributed by atoms with Gasteiger partial charge >= 0.3 is 0 Å². The maximum absolute atomic E-state index is 13.3. The molecule has 2 N–H and O–H groups in total. The van der Waals surface area contributed by atoms with Crippen LogP contribution in [0.5, 0.6) is 0 Å². The summed E-state index contributed by atoms with van der Waals surface area (Å²) in [7, 11) is 0. The van der Waals surface area contributed by atoms with Gasteiger partial charge in [-0.1, -0.05) is 59.6 Å². The number of carbonyl (C=O) groups is 2. The van der Waals surface area contributed by atoms with E-state index >= 15 is 0 Å². The summed E-state index contributed by atoms with van der Waals surface area (Å²) in [4.78, 5) is 37.2. The minimum absolute atomic E-state index is 0.0641. The molecular formula is C27H19Cl2N3O4S. The van der Waals surface area contributed by atoms with Gasteiger partial charge in [-0.3, -0.25) is 19.7 Å². The van der Waals surface area contributed by atoms with Crippen molar-refractivity contribution in [2.45, 2.75) is 10.1 Å². The SMILES string of the molecule is O=C(Nc1cccc(SC(C(=O)Nc2ccc([N+](=O)[O-])cc2)c2ccccc2)c1)c1ccc(Cl)cc1Cl. The lowest BCUT2D eigenvalue weighted by molar-refractivity contribution is -0.384. The number of hydrogen-bond acceptors (Lipinski definition) is 5. The summed E-state index contributed by atoms with van der Waals surface area (Å²) in [5, 5.41) is 16.6. The van der Waals surface area contributed by atoms with E-state index in [1.807, 2.05) is 36.4 Å². The molecule has 2 amide bonds. The molecule has 4 aromatic carbocycles. The number of thioether (sulfide) groups is 1. The monoisotopic (exact) mass is 551 g/mol. The molecule has 0 radical (unpaired) electrons. The number of non-ortho nitro benzene ring substituents is 1. The second-order valence-corrected chi connectivity index (χ2v) is 9.83. The van der Waals surface area contributed by atoms with Gasteiger partial charge in [0.1, 0.15) is 5.25 Å². The van der Waals surface area contributed by atoms with Crippen LogP contribution in [0, 0.1) is 10.1 Å². The van der Waals surface area contributed by atoms with Gasteiger partial charge in [-0.15, -0.1) is 11.8 Å². The second-order valence-electron chi connectivity index (χ2n) is 7.81.